The van der Waals surface area contributed by atoms with Crippen LogP contribution in [0, 0.1) is 0 Å². The zero-order chi connectivity index (χ0) is 25.4. The number of ether oxygens (including phenoxy) is 3. The molecule has 0 spiro atoms. The number of benzene rings is 3. The van der Waals surface area contributed by atoms with Crippen LogP contribution >= 0.6 is 0 Å². The standard InChI is InChI=1S/C27H30N2O6S/c1-2-33-24-13-7-6-9-21(24)10-8-16-28-27(30)20-29(36(31,32)23-11-4-3-5-12-23)22-14-15-25-26(19-22)35-18-17-34-25/h3-7,9,11-15,19H,2,8,10,16-18,20H2,1H3,(H,28,30). The van der Waals surface area contributed by atoms with Crippen LogP contribution in [0.2, 0.25) is 0 Å². The highest BCUT2D eigenvalue weighted by Gasteiger charge is 2.28. The fourth-order valence-electron chi connectivity index (χ4n) is 3.92. The first-order valence-corrected chi connectivity index (χ1v) is 13.4. The summed E-state index contributed by atoms with van der Waals surface area (Å²) in [5.41, 5.74) is 1.39. The van der Waals surface area contributed by atoms with Gasteiger partial charge in [-0.1, -0.05) is 36.4 Å². The van der Waals surface area contributed by atoms with Crippen LogP contribution in [-0.2, 0) is 21.2 Å². The van der Waals surface area contributed by atoms with Crippen LogP contribution < -0.4 is 23.8 Å². The third kappa shape index (κ3) is 6.09. The Bertz CT molecular complexity index is 1280. The number of anilines is 1. The highest BCUT2D eigenvalue weighted by molar-refractivity contribution is 7.92. The molecule has 0 saturated carbocycles. The SMILES string of the molecule is CCOc1ccccc1CCCNC(=O)CN(c1ccc2c(c1)OCCO2)S(=O)(=O)c1ccccc1. The lowest BCUT2D eigenvalue weighted by atomic mass is 10.1. The molecule has 0 fully saturated rings. The number of nitrogens with zero attached hydrogens (tertiary/aromatic N) is 1. The fourth-order valence-corrected chi connectivity index (χ4v) is 5.36. The average Bonchev–Trinajstić information content (AvgIpc) is 2.91. The van der Waals surface area contributed by atoms with Crippen molar-refractivity contribution in [3.63, 3.8) is 0 Å². The molecule has 1 aliphatic heterocycles. The van der Waals surface area contributed by atoms with Gasteiger partial charge in [-0.05, 0) is 55.7 Å². The monoisotopic (exact) mass is 510 g/mol. The van der Waals surface area contributed by atoms with Crippen molar-refractivity contribution in [2.45, 2.75) is 24.7 Å². The predicted octanol–water partition coefficient (Wildman–Crippen LogP) is 3.80. The molecule has 4 rings (SSSR count). The molecule has 1 aliphatic rings. The molecule has 0 bridgehead atoms. The van der Waals surface area contributed by atoms with Crippen molar-refractivity contribution in [1.82, 2.24) is 5.32 Å². The molecule has 3 aromatic carbocycles. The number of rotatable bonds is 11. The Morgan fingerprint density at radius 1 is 0.972 bits per heavy atom. The first-order chi connectivity index (χ1) is 17.5. The Balaban J connectivity index is 1.46. The minimum atomic E-state index is -4.00. The van der Waals surface area contributed by atoms with Crippen molar-refractivity contribution >= 4 is 21.6 Å². The molecular formula is C27H30N2O6S. The van der Waals surface area contributed by atoms with E-state index in [1.54, 1.807) is 36.4 Å². The summed E-state index contributed by atoms with van der Waals surface area (Å²) in [6.07, 6.45) is 1.41. The Kier molecular flexibility index (Phi) is 8.32. The Morgan fingerprint density at radius 3 is 2.47 bits per heavy atom. The number of hydrogen-bond acceptors (Lipinski definition) is 6. The number of nitrogens with one attached hydrogen (secondary N) is 1. The molecule has 0 atom stereocenters. The highest BCUT2D eigenvalue weighted by atomic mass is 32.2. The lowest BCUT2D eigenvalue weighted by Gasteiger charge is -2.26. The number of hydrogen-bond donors (Lipinski definition) is 1. The maximum Gasteiger partial charge on any atom is 0.264 e. The molecule has 3 aromatic rings. The third-order valence-corrected chi connectivity index (χ3v) is 7.44. The van der Waals surface area contributed by atoms with E-state index < -0.39 is 15.9 Å². The number of amides is 1. The number of carbonyl (C=O) groups is 1. The van der Waals surface area contributed by atoms with E-state index >= 15 is 0 Å². The van der Waals surface area contributed by atoms with Gasteiger partial charge in [0, 0.05) is 12.6 Å². The molecule has 0 aromatic heterocycles. The zero-order valence-corrected chi connectivity index (χ0v) is 21.0. The number of sulfonamides is 1. The molecule has 9 heteroatoms. The van der Waals surface area contributed by atoms with Crippen LogP contribution in [0.1, 0.15) is 18.9 Å². The van der Waals surface area contributed by atoms with Crippen LogP contribution in [0.4, 0.5) is 5.69 Å². The fraction of sp³-hybridized carbons (Fsp3) is 0.296. The average molecular weight is 511 g/mol. The van der Waals surface area contributed by atoms with Gasteiger partial charge in [-0.15, -0.1) is 0 Å². The quantitative estimate of drug-likeness (QED) is 0.395. The lowest BCUT2D eigenvalue weighted by molar-refractivity contribution is -0.119. The molecule has 1 N–H and O–H groups in total. The normalized spacial score (nSPS) is 12.6. The van der Waals surface area contributed by atoms with Gasteiger partial charge in [-0.2, -0.15) is 0 Å². The summed E-state index contributed by atoms with van der Waals surface area (Å²) < 4.78 is 45.0. The Hall–Kier alpha value is -3.72. The van der Waals surface area contributed by atoms with Crippen LogP contribution in [0.25, 0.3) is 0 Å². The summed E-state index contributed by atoms with van der Waals surface area (Å²) in [7, 11) is -4.00. The van der Waals surface area contributed by atoms with Gasteiger partial charge in [0.1, 0.15) is 25.5 Å². The molecule has 0 aliphatic carbocycles. The first kappa shape index (κ1) is 25.4. The maximum atomic E-state index is 13.5. The minimum Gasteiger partial charge on any atom is -0.494 e. The topological polar surface area (TPSA) is 94.2 Å². The second-order valence-electron chi connectivity index (χ2n) is 8.15. The second-order valence-corrected chi connectivity index (χ2v) is 10.0. The second kappa shape index (κ2) is 11.8. The van der Waals surface area contributed by atoms with E-state index in [-0.39, 0.29) is 11.4 Å². The first-order valence-electron chi connectivity index (χ1n) is 11.9. The van der Waals surface area contributed by atoms with Crippen LogP contribution in [0.15, 0.2) is 77.7 Å². The molecular weight excluding hydrogens is 480 g/mol. The summed E-state index contributed by atoms with van der Waals surface area (Å²) in [6, 6.07) is 20.7. The van der Waals surface area contributed by atoms with E-state index in [4.69, 9.17) is 14.2 Å². The van der Waals surface area contributed by atoms with E-state index in [0.717, 1.165) is 22.0 Å². The van der Waals surface area contributed by atoms with Gasteiger partial charge in [0.15, 0.2) is 11.5 Å². The maximum absolute atomic E-state index is 13.5. The van der Waals surface area contributed by atoms with Crippen LogP contribution in [-0.4, -0.2) is 47.2 Å². The minimum absolute atomic E-state index is 0.0974. The van der Waals surface area contributed by atoms with E-state index in [9.17, 15) is 13.2 Å². The smallest absolute Gasteiger partial charge is 0.264 e. The highest BCUT2D eigenvalue weighted by Crippen LogP contribution is 2.35. The van der Waals surface area contributed by atoms with E-state index in [2.05, 4.69) is 5.32 Å². The van der Waals surface area contributed by atoms with Crippen molar-refractivity contribution in [2.24, 2.45) is 0 Å². The molecule has 1 amide bonds. The van der Waals surface area contributed by atoms with Crippen molar-refractivity contribution in [1.29, 1.82) is 0 Å². The van der Waals surface area contributed by atoms with Gasteiger partial charge in [0.05, 0.1) is 17.2 Å². The summed E-state index contributed by atoms with van der Waals surface area (Å²) in [5.74, 6) is 1.42. The van der Waals surface area contributed by atoms with Gasteiger partial charge in [-0.25, -0.2) is 8.42 Å². The van der Waals surface area contributed by atoms with E-state index in [1.165, 1.54) is 12.1 Å². The number of fused-ring (bicyclic) bond motifs is 1. The largest absolute Gasteiger partial charge is 0.494 e. The molecule has 1 heterocycles. The molecule has 0 saturated heterocycles. The zero-order valence-electron chi connectivity index (χ0n) is 20.2. The van der Waals surface area contributed by atoms with Crippen LogP contribution in [0.5, 0.6) is 17.2 Å². The third-order valence-electron chi connectivity index (χ3n) is 5.65. The van der Waals surface area contributed by atoms with Gasteiger partial charge in [0.25, 0.3) is 10.0 Å². The number of para-hydroxylation sites is 1. The predicted molar refractivity (Wildman–Crippen MR) is 137 cm³/mol. The van der Waals surface area contributed by atoms with Crippen molar-refractivity contribution < 1.29 is 27.4 Å². The number of aryl methyl sites for hydroxylation is 1. The molecule has 36 heavy (non-hydrogen) atoms. The summed E-state index contributed by atoms with van der Waals surface area (Å²) in [4.78, 5) is 13.0. The van der Waals surface area contributed by atoms with Gasteiger partial charge < -0.3 is 19.5 Å². The molecule has 0 radical (unpaired) electrons. The summed E-state index contributed by atoms with van der Waals surface area (Å²) in [6.45, 7) is 3.35. The summed E-state index contributed by atoms with van der Waals surface area (Å²) in [5, 5.41) is 2.85. The molecule has 0 unspecified atom stereocenters. The molecule has 8 nitrogen and oxygen atoms in total. The van der Waals surface area contributed by atoms with Crippen LogP contribution in [0.3, 0.4) is 0 Å². The van der Waals surface area contributed by atoms with Crippen molar-refractivity contribution in [2.75, 3.05) is 37.2 Å². The van der Waals surface area contributed by atoms with Gasteiger partial charge >= 0.3 is 0 Å². The lowest BCUT2D eigenvalue weighted by Crippen LogP contribution is -2.41. The Morgan fingerprint density at radius 2 is 1.69 bits per heavy atom. The Labute approximate surface area is 211 Å². The molecule has 190 valence electrons. The summed E-state index contributed by atoms with van der Waals surface area (Å²) >= 11 is 0. The van der Waals surface area contributed by atoms with Gasteiger partial charge in [0.2, 0.25) is 5.91 Å². The number of carbonyl (C=O) groups excluding carboxylic acids is 1. The van der Waals surface area contributed by atoms with Crippen molar-refractivity contribution in [3.05, 3.63) is 78.4 Å². The van der Waals surface area contributed by atoms with E-state index in [1.807, 2.05) is 31.2 Å². The van der Waals surface area contributed by atoms with E-state index in [0.29, 0.717) is 50.0 Å². The van der Waals surface area contributed by atoms with Gasteiger partial charge in [-0.3, -0.25) is 9.10 Å². The van der Waals surface area contributed by atoms with Crippen molar-refractivity contribution in [3.8, 4) is 17.2 Å².